The van der Waals surface area contributed by atoms with Gasteiger partial charge < -0.3 is 20.0 Å². The molecular weight excluding hydrogens is 373 g/mol. The lowest BCUT2D eigenvalue weighted by molar-refractivity contribution is -0.141. The zero-order chi connectivity index (χ0) is 20.4. The van der Waals surface area contributed by atoms with Gasteiger partial charge in [-0.25, -0.2) is 9.18 Å². The standard InChI is InChI=1S/C22H20FN3O3/c23-16-6-5-14-7-9-26(20(14)12-16)10-8-21(27)25-19(22(28)29)11-15-13-24-18-4-2-1-3-17(15)18/h1-7,9,12-13,19,24H,8,10-11H2,(H,25,27)(H,28,29)/t19-/m1/s1. The zero-order valence-electron chi connectivity index (χ0n) is 15.6. The van der Waals surface area contributed by atoms with Crippen LogP contribution in [0.5, 0.6) is 0 Å². The van der Waals surface area contributed by atoms with Crippen molar-refractivity contribution >= 4 is 33.7 Å². The fourth-order valence-electron chi connectivity index (χ4n) is 3.56. The van der Waals surface area contributed by atoms with Crippen molar-refractivity contribution in [2.24, 2.45) is 0 Å². The molecule has 0 aliphatic rings. The molecular formula is C22H20FN3O3. The largest absolute Gasteiger partial charge is 0.480 e. The molecule has 148 valence electrons. The molecule has 1 amide bonds. The highest BCUT2D eigenvalue weighted by Gasteiger charge is 2.21. The molecule has 0 bridgehead atoms. The van der Waals surface area contributed by atoms with Gasteiger partial charge in [-0.3, -0.25) is 4.79 Å². The van der Waals surface area contributed by atoms with Gasteiger partial charge in [0.15, 0.2) is 0 Å². The van der Waals surface area contributed by atoms with Crippen molar-refractivity contribution in [1.29, 1.82) is 0 Å². The number of H-pyrrole nitrogens is 1. The Bertz CT molecular complexity index is 1190. The lowest BCUT2D eigenvalue weighted by atomic mass is 10.0. The maximum atomic E-state index is 13.5. The van der Waals surface area contributed by atoms with Crippen LogP contribution in [0.3, 0.4) is 0 Å². The van der Waals surface area contributed by atoms with Gasteiger partial charge in [0.25, 0.3) is 0 Å². The molecule has 2 aromatic carbocycles. The first kappa shape index (κ1) is 18.7. The second-order valence-corrected chi connectivity index (χ2v) is 6.98. The highest BCUT2D eigenvalue weighted by atomic mass is 19.1. The van der Waals surface area contributed by atoms with E-state index in [0.717, 1.165) is 21.9 Å². The molecule has 7 heteroatoms. The summed E-state index contributed by atoms with van der Waals surface area (Å²) in [6.07, 6.45) is 3.84. The molecule has 29 heavy (non-hydrogen) atoms. The van der Waals surface area contributed by atoms with E-state index < -0.39 is 12.0 Å². The van der Waals surface area contributed by atoms with E-state index in [4.69, 9.17) is 0 Å². The number of carboxylic acid groups (broad SMARTS) is 1. The molecule has 0 aliphatic heterocycles. The van der Waals surface area contributed by atoms with Crippen LogP contribution in [-0.4, -0.2) is 32.6 Å². The summed E-state index contributed by atoms with van der Waals surface area (Å²) in [6, 6.07) is 12.9. The lowest BCUT2D eigenvalue weighted by Crippen LogP contribution is -2.42. The predicted octanol–water partition coefficient (Wildman–Crippen LogP) is 3.46. The van der Waals surface area contributed by atoms with Crippen LogP contribution in [0.25, 0.3) is 21.8 Å². The number of halogens is 1. The molecule has 4 rings (SSSR count). The van der Waals surface area contributed by atoms with E-state index in [9.17, 15) is 19.1 Å². The van der Waals surface area contributed by atoms with Crippen LogP contribution in [0.15, 0.2) is 60.9 Å². The maximum Gasteiger partial charge on any atom is 0.326 e. The molecule has 4 aromatic rings. The molecule has 0 aliphatic carbocycles. The number of nitrogens with one attached hydrogen (secondary N) is 2. The molecule has 0 unspecified atom stereocenters. The Morgan fingerprint density at radius 1 is 1.17 bits per heavy atom. The van der Waals surface area contributed by atoms with E-state index in [1.807, 2.05) is 30.3 Å². The van der Waals surface area contributed by atoms with Gasteiger partial charge in [0.1, 0.15) is 11.9 Å². The molecule has 0 saturated carbocycles. The highest BCUT2D eigenvalue weighted by molar-refractivity contribution is 5.87. The van der Waals surface area contributed by atoms with Crippen molar-refractivity contribution in [3.8, 4) is 0 Å². The Labute approximate surface area is 166 Å². The first-order valence-corrected chi connectivity index (χ1v) is 9.33. The van der Waals surface area contributed by atoms with Crippen LogP contribution in [0, 0.1) is 5.82 Å². The normalized spacial score (nSPS) is 12.3. The molecule has 2 aromatic heterocycles. The van der Waals surface area contributed by atoms with Gasteiger partial charge >= 0.3 is 5.97 Å². The molecule has 3 N–H and O–H groups in total. The Balaban J connectivity index is 1.42. The lowest BCUT2D eigenvalue weighted by Gasteiger charge is -2.15. The SMILES string of the molecule is O=C(CCn1ccc2ccc(F)cc21)N[C@H](Cc1c[nH]c2ccccc12)C(=O)O. The van der Waals surface area contributed by atoms with Crippen LogP contribution in [0.1, 0.15) is 12.0 Å². The van der Waals surface area contributed by atoms with Crippen molar-refractivity contribution in [3.05, 3.63) is 72.3 Å². The van der Waals surface area contributed by atoms with Crippen molar-refractivity contribution < 1.29 is 19.1 Å². The average Bonchev–Trinajstić information content (AvgIpc) is 3.29. The minimum atomic E-state index is -1.09. The molecule has 0 saturated heterocycles. The van der Waals surface area contributed by atoms with E-state index >= 15 is 0 Å². The maximum absolute atomic E-state index is 13.5. The third-order valence-electron chi connectivity index (χ3n) is 5.05. The van der Waals surface area contributed by atoms with Gasteiger partial charge in [0.2, 0.25) is 5.91 Å². The average molecular weight is 393 g/mol. The van der Waals surface area contributed by atoms with E-state index in [1.165, 1.54) is 12.1 Å². The quantitative estimate of drug-likeness (QED) is 0.449. The monoisotopic (exact) mass is 393 g/mol. The third-order valence-corrected chi connectivity index (χ3v) is 5.05. The number of carbonyl (C=O) groups excluding carboxylic acids is 1. The van der Waals surface area contributed by atoms with Gasteiger partial charge in [-0.1, -0.05) is 18.2 Å². The Morgan fingerprint density at radius 2 is 2.00 bits per heavy atom. The number of hydrogen-bond donors (Lipinski definition) is 3. The summed E-state index contributed by atoms with van der Waals surface area (Å²) in [5.41, 5.74) is 2.45. The van der Waals surface area contributed by atoms with Gasteiger partial charge in [0, 0.05) is 42.7 Å². The molecule has 0 spiro atoms. The van der Waals surface area contributed by atoms with Crippen LogP contribution >= 0.6 is 0 Å². The molecule has 0 fully saturated rings. The summed E-state index contributed by atoms with van der Waals surface area (Å²) in [6.45, 7) is 0.332. The Kier molecular flexibility index (Phi) is 5.03. The number of aryl methyl sites for hydroxylation is 1. The molecule has 0 radical (unpaired) electrons. The molecule has 1 atom stereocenters. The van der Waals surface area contributed by atoms with Crippen LogP contribution in [0.4, 0.5) is 4.39 Å². The number of rotatable bonds is 7. The number of fused-ring (bicyclic) bond motifs is 2. The Morgan fingerprint density at radius 3 is 2.83 bits per heavy atom. The topological polar surface area (TPSA) is 87.1 Å². The highest BCUT2D eigenvalue weighted by Crippen LogP contribution is 2.20. The van der Waals surface area contributed by atoms with Crippen molar-refractivity contribution in [2.75, 3.05) is 0 Å². The number of hydrogen-bond acceptors (Lipinski definition) is 2. The van der Waals surface area contributed by atoms with E-state index in [-0.39, 0.29) is 24.6 Å². The van der Waals surface area contributed by atoms with Gasteiger partial charge in [0.05, 0.1) is 5.52 Å². The van der Waals surface area contributed by atoms with E-state index in [1.54, 1.807) is 23.0 Å². The number of nitrogens with zero attached hydrogens (tertiary/aromatic N) is 1. The van der Waals surface area contributed by atoms with Crippen LogP contribution < -0.4 is 5.32 Å². The summed E-state index contributed by atoms with van der Waals surface area (Å²) in [5, 5.41) is 14.0. The minimum Gasteiger partial charge on any atom is -0.480 e. The summed E-state index contributed by atoms with van der Waals surface area (Å²) in [4.78, 5) is 27.2. The Hall–Kier alpha value is -3.61. The summed E-state index contributed by atoms with van der Waals surface area (Å²) in [5.74, 6) is -1.79. The number of para-hydroxylation sites is 1. The number of carbonyl (C=O) groups is 2. The second-order valence-electron chi connectivity index (χ2n) is 6.98. The predicted molar refractivity (Wildman–Crippen MR) is 108 cm³/mol. The minimum absolute atomic E-state index is 0.0952. The number of aromatic nitrogens is 2. The smallest absolute Gasteiger partial charge is 0.326 e. The second kappa shape index (κ2) is 7.79. The van der Waals surface area contributed by atoms with E-state index in [0.29, 0.717) is 12.1 Å². The summed E-state index contributed by atoms with van der Waals surface area (Å²) >= 11 is 0. The first-order chi connectivity index (χ1) is 14.0. The molecule has 6 nitrogen and oxygen atoms in total. The number of amides is 1. The molecule has 2 heterocycles. The van der Waals surface area contributed by atoms with Crippen LogP contribution in [-0.2, 0) is 22.6 Å². The number of aliphatic carboxylic acids is 1. The fraction of sp³-hybridized carbons (Fsp3) is 0.182. The third kappa shape index (κ3) is 3.99. The fourth-order valence-corrected chi connectivity index (χ4v) is 3.56. The number of carboxylic acids is 1. The number of benzene rings is 2. The van der Waals surface area contributed by atoms with Gasteiger partial charge in [-0.2, -0.15) is 0 Å². The first-order valence-electron chi connectivity index (χ1n) is 9.33. The van der Waals surface area contributed by atoms with E-state index in [2.05, 4.69) is 10.3 Å². The number of aromatic amines is 1. The zero-order valence-corrected chi connectivity index (χ0v) is 15.6. The summed E-state index contributed by atoms with van der Waals surface area (Å²) in [7, 11) is 0. The van der Waals surface area contributed by atoms with Gasteiger partial charge in [-0.15, -0.1) is 0 Å². The van der Waals surface area contributed by atoms with Crippen molar-refractivity contribution in [1.82, 2.24) is 14.9 Å². The van der Waals surface area contributed by atoms with Crippen molar-refractivity contribution in [3.63, 3.8) is 0 Å². The van der Waals surface area contributed by atoms with Crippen molar-refractivity contribution in [2.45, 2.75) is 25.4 Å². The summed E-state index contributed by atoms with van der Waals surface area (Å²) < 4.78 is 15.3. The van der Waals surface area contributed by atoms with Gasteiger partial charge in [-0.05, 0) is 41.3 Å². The van der Waals surface area contributed by atoms with Crippen LogP contribution in [0.2, 0.25) is 0 Å².